The van der Waals surface area contributed by atoms with E-state index in [4.69, 9.17) is 9.16 Å². The molecule has 2 atom stereocenters. The number of carbonyl (C=O) groups is 1. The summed E-state index contributed by atoms with van der Waals surface area (Å²) < 4.78 is 11.5. The van der Waals surface area contributed by atoms with Crippen molar-refractivity contribution in [2.75, 3.05) is 6.61 Å². The van der Waals surface area contributed by atoms with Crippen LogP contribution in [0.3, 0.4) is 0 Å². The molecule has 1 aliphatic heterocycles. The van der Waals surface area contributed by atoms with E-state index in [1.54, 1.807) is 0 Å². The largest absolute Gasteiger partial charge is 0.462 e. The minimum absolute atomic E-state index is 0.0505. The van der Waals surface area contributed by atoms with Crippen molar-refractivity contribution in [3.05, 3.63) is 0 Å². The molecule has 1 fully saturated rings. The van der Waals surface area contributed by atoms with E-state index in [0.717, 1.165) is 12.8 Å². The summed E-state index contributed by atoms with van der Waals surface area (Å²) in [7, 11) is -1.67. The zero-order valence-corrected chi connectivity index (χ0v) is 13.7. The Morgan fingerprint density at radius 3 is 2.56 bits per heavy atom. The van der Waals surface area contributed by atoms with Crippen molar-refractivity contribution in [3.8, 4) is 0 Å². The Balaban J connectivity index is 2.39. The van der Waals surface area contributed by atoms with Gasteiger partial charge in [-0.15, -0.1) is 0 Å². The van der Waals surface area contributed by atoms with Crippen LogP contribution in [0.5, 0.6) is 0 Å². The molecule has 106 valence electrons. The quantitative estimate of drug-likeness (QED) is 0.577. The molecule has 4 heteroatoms. The van der Waals surface area contributed by atoms with Gasteiger partial charge in [0.1, 0.15) is 6.10 Å². The second-order valence-electron chi connectivity index (χ2n) is 6.94. The van der Waals surface area contributed by atoms with Gasteiger partial charge in [-0.1, -0.05) is 27.7 Å². The van der Waals surface area contributed by atoms with Crippen LogP contribution in [0.25, 0.3) is 0 Å². The number of ether oxygens (including phenoxy) is 1. The number of rotatable bonds is 4. The molecule has 0 unspecified atom stereocenters. The highest BCUT2D eigenvalue weighted by Gasteiger charge is 2.37. The van der Waals surface area contributed by atoms with Crippen LogP contribution in [0.1, 0.15) is 47.0 Å². The number of hydrogen-bond donors (Lipinski definition) is 0. The van der Waals surface area contributed by atoms with Gasteiger partial charge in [-0.3, -0.25) is 4.79 Å². The van der Waals surface area contributed by atoms with Gasteiger partial charge in [0.2, 0.25) is 0 Å². The standard InChI is InChI=1S/C14H28O3Si/c1-11-7-8-13(15)17-12(11)9-10-16-18(5,6)14(2,3)4/h11-12H,7-10H2,1-6H3/t11-,12-/m0/s1. The summed E-state index contributed by atoms with van der Waals surface area (Å²) in [4.78, 5) is 11.3. The predicted molar refractivity (Wildman–Crippen MR) is 76.0 cm³/mol. The van der Waals surface area contributed by atoms with Crippen LogP contribution in [0.15, 0.2) is 0 Å². The minimum Gasteiger partial charge on any atom is -0.462 e. The molecule has 1 aliphatic rings. The van der Waals surface area contributed by atoms with Gasteiger partial charge < -0.3 is 9.16 Å². The molecule has 0 aromatic rings. The van der Waals surface area contributed by atoms with Crippen molar-refractivity contribution in [2.24, 2.45) is 5.92 Å². The predicted octanol–water partition coefficient (Wildman–Crippen LogP) is 3.74. The molecule has 0 bridgehead atoms. The maximum atomic E-state index is 11.3. The molecule has 0 aromatic heterocycles. The van der Waals surface area contributed by atoms with Gasteiger partial charge in [0.15, 0.2) is 8.32 Å². The summed E-state index contributed by atoms with van der Waals surface area (Å²) >= 11 is 0. The molecule has 1 saturated heterocycles. The Labute approximate surface area is 112 Å². The minimum atomic E-state index is -1.67. The third-order valence-electron chi connectivity index (χ3n) is 4.39. The fourth-order valence-corrected chi connectivity index (χ4v) is 2.93. The maximum Gasteiger partial charge on any atom is 0.306 e. The third kappa shape index (κ3) is 4.09. The second kappa shape index (κ2) is 5.74. The first-order chi connectivity index (χ1) is 8.13. The zero-order chi connectivity index (χ0) is 14.0. The van der Waals surface area contributed by atoms with Gasteiger partial charge in [-0.25, -0.2) is 0 Å². The third-order valence-corrected chi connectivity index (χ3v) is 8.93. The number of carbonyl (C=O) groups excluding carboxylic acids is 1. The van der Waals surface area contributed by atoms with Crippen molar-refractivity contribution in [1.82, 2.24) is 0 Å². The second-order valence-corrected chi connectivity index (χ2v) is 11.8. The number of esters is 1. The van der Waals surface area contributed by atoms with Gasteiger partial charge in [-0.05, 0) is 30.5 Å². The number of cyclic esters (lactones) is 1. The lowest BCUT2D eigenvalue weighted by Crippen LogP contribution is -2.42. The fourth-order valence-electron chi connectivity index (χ4n) is 1.87. The lowest BCUT2D eigenvalue weighted by Gasteiger charge is -2.37. The highest BCUT2D eigenvalue weighted by atomic mass is 28.4. The summed E-state index contributed by atoms with van der Waals surface area (Å²) in [5.41, 5.74) is 0. The van der Waals surface area contributed by atoms with E-state index < -0.39 is 8.32 Å². The molecule has 0 aliphatic carbocycles. The van der Waals surface area contributed by atoms with Crippen LogP contribution < -0.4 is 0 Å². The molecule has 1 heterocycles. The Kier molecular flexibility index (Phi) is 5.01. The van der Waals surface area contributed by atoms with Crippen LogP contribution in [-0.2, 0) is 14.0 Å². The van der Waals surface area contributed by atoms with E-state index in [1.165, 1.54) is 0 Å². The summed E-state index contributed by atoms with van der Waals surface area (Å²) in [6, 6.07) is 0. The van der Waals surface area contributed by atoms with Crippen LogP contribution >= 0.6 is 0 Å². The Morgan fingerprint density at radius 2 is 2.00 bits per heavy atom. The van der Waals surface area contributed by atoms with Crippen molar-refractivity contribution >= 4 is 14.3 Å². The van der Waals surface area contributed by atoms with Crippen LogP contribution in [0.2, 0.25) is 18.1 Å². The first kappa shape index (κ1) is 15.7. The lowest BCUT2D eigenvalue weighted by molar-refractivity contribution is -0.158. The fraction of sp³-hybridized carbons (Fsp3) is 0.929. The van der Waals surface area contributed by atoms with Crippen molar-refractivity contribution in [3.63, 3.8) is 0 Å². The van der Waals surface area contributed by atoms with E-state index in [-0.39, 0.29) is 17.1 Å². The average Bonchev–Trinajstić information content (AvgIpc) is 2.21. The van der Waals surface area contributed by atoms with Crippen LogP contribution in [0.4, 0.5) is 0 Å². The molecule has 3 nitrogen and oxygen atoms in total. The first-order valence-corrected chi connectivity index (χ1v) is 9.88. The molecular weight excluding hydrogens is 244 g/mol. The van der Waals surface area contributed by atoms with E-state index >= 15 is 0 Å². The van der Waals surface area contributed by atoms with E-state index in [1.807, 2.05) is 0 Å². The van der Waals surface area contributed by atoms with E-state index in [0.29, 0.717) is 18.9 Å². The normalized spacial score (nSPS) is 26.0. The molecule has 18 heavy (non-hydrogen) atoms. The molecular formula is C14H28O3Si. The van der Waals surface area contributed by atoms with E-state index in [9.17, 15) is 4.79 Å². The molecule has 0 saturated carbocycles. The smallest absolute Gasteiger partial charge is 0.306 e. The maximum absolute atomic E-state index is 11.3. The van der Waals surface area contributed by atoms with Crippen molar-refractivity contribution < 1.29 is 14.0 Å². The average molecular weight is 272 g/mol. The summed E-state index contributed by atoms with van der Waals surface area (Å²) in [6.07, 6.45) is 2.40. The van der Waals surface area contributed by atoms with Crippen LogP contribution in [-0.4, -0.2) is 27.0 Å². The lowest BCUT2D eigenvalue weighted by atomic mass is 9.94. The molecule has 0 radical (unpaired) electrons. The highest BCUT2D eigenvalue weighted by molar-refractivity contribution is 6.74. The monoisotopic (exact) mass is 272 g/mol. The van der Waals surface area contributed by atoms with Crippen molar-refractivity contribution in [1.29, 1.82) is 0 Å². The topological polar surface area (TPSA) is 35.5 Å². The summed E-state index contributed by atoms with van der Waals surface area (Å²) in [6.45, 7) is 14.1. The highest BCUT2D eigenvalue weighted by Crippen LogP contribution is 2.36. The molecule has 0 spiro atoms. The Hall–Kier alpha value is -0.353. The van der Waals surface area contributed by atoms with Gasteiger partial charge in [0.25, 0.3) is 0 Å². The van der Waals surface area contributed by atoms with E-state index in [2.05, 4.69) is 40.8 Å². The first-order valence-electron chi connectivity index (χ1n) is 6.97. The number of hydrogen-bond acceptors (Lipinski definition) is 3. The van der Waals surface area contributed by atoms with Crippen LogP contribution in [0, 0.1) is 5.92 Å². The van der Waals surface area contributed by atoms with Gasteiger partial charge in [-0.2, -0.15) is 0 Å². The Morgan fingerprint density at radius 1 is 1.39 bits per heavy atom. The van der Waals surface area contributed by atoms with Gasteiger partial charge in [0.05, 0.1) is 0 Å². The molecule has 1 rings (SSSR count). The summed E-state index contributed by atoms with van der Waals surface area (Å²) in [5, 5.41) is 0.238. The molecule has 0 amide bonds. The Bertz CT molecular complexity index is 294. The molecule has 0 N–H and O–H groups in total. The molecule has 0 aromatic carbocycles. The SMILES string of the molecule is C[C@H]1CCC(=O)O[C@H]1CCO[Si](C)(C)C(C)(C)C. The van der Waals surface area contributed by atoms with Crippen molar-refractivity contribution in [2.45, 2.75) is 71.2 Å². The zero-order valence-electron chi connectivity index (χ0n) is 12.7. The van der Waals surface area contributed by atoms with Gasteiger partial charge >= 0.3 is 5.97 Å². The van der Waals surface area contributed by atoms with Gasteiger partial charge in [0, 0.05) is 19.4 Å². The summed E-state index contributed by atoms with van der Waals surface area (Å²) in [5.74, 6) is 0.413.